The minimum absolute atomic E-state index is 0.0114. The second-order valence-electron chi connectivity index (χ2n) is 15.9. The number of phosphoric acid groups is 1. The highest BCUT2D eigenvalue weighted by Crippen LogP contribution is 2.47. The van der Waals surface area contributed by atoms with E-state index in [1.54, 1.807) is 12.2 Å². The lowest BCUT2D eigenvalue weighted by molar-refractivity contribution is -0.220. The van der Waals surface area contributed by atoms with Crippen molar-refractivity contribution in [3.05, 3.63) is 36.5 Å². The van der Waals surface area contributed by atoms with E-state index in [9.17, 15) is 49.4 Å². The van der Waals surface area contributed by atoms with Gasteiger partial charge in [-0.2, -0.15) is 0 Å². The van der Waals surface area contributed by atoms with E-state index in [1.165, 1.54) is 51.4 Å². The fourth-order valence-electron chi connectivity index (χ4n) is 6.67. The number of aliphatic hydroxyl groups is 5. The Balaban J connectivity index is 2.52. The molecule has 0 aromatic rings. The molecule has 1 aliphatic carbocycles. The Morgan fingerprint density at radius 1 is 0.550 bits per heavy atom. The highest BCUT2D eigenvalue weighted by molar-refractivity contribution is 7.47. The summed E-state index contributed by atoms with van der Waals surface area (Å²) in [6, 6.07) is 0. The van der Waals surface area contributed by atoms with Gasteiger partial charge >= 0.3 is 19.8 Å². The molecule has 15 heteroatoms. The molecule has 0 saturated heterocycles. The van der Waals surface area contributed by atoms with Crippen molar-refractivity contribution in [2.75, 3.05) is 13.2 Å². The van der Waals surface area contributed by atoms with Gasteiger partial charge in [0.05, 0.1) is 6.61 Å². The summed E-state index contributed by atoms with van der Waals surface area (Å²) in [6.45, 7) is 3.13. The largest absolute Gasteiger partial charge is 0.472 e. The lowest BCUT2D eigenvalue weighted by Crippen LogP contribution is -2.64. The van der Waals surface area contributed by atoms with Crippen LogP contribution in [0, 0.1) is 0 Å². The van der Waals surface area contributed by atoms with Gasteiger partial charge < -0.3 is 39.9 Å². The fraction of sp³-hybridized carbons (Fsp3) is 0.800. The number of carbonyl (C=O) groups is 3. The molecular weight excluding hydrogens is 795 g/mol. The van der Waals surface area contributed by atoms with Crippen molar-refractivity contribution >= 4 is 25.5 Å². The SMILES string of the molecule is CCCCC/C=C\C=C\C(=O)CCCCCCCC(=O)O[C@H](COC(=O)CCCCCCC/C=C\CCCCCCCC)COP(=O)(O)OC1[C@H](O)[C@H](O)C(O)[C@H](O)[C@H]1O. The van der Waals surface area contributed by atoms with Crippen LogP contribution in [0.1, 0.15) is 174 Å². The Labute approximate surface area is 359 Å². The number of aliphatic hydroxyl groups excluding tert-OH is 5. The molecule has 0 aromatic carbocycles. The Hall–Kier alpha value is -2.26. The number of carbonyl (C=O) groups excluding carboxylic acids is 3. The second kappa shape index (κ2) is 35.2. The summed E-state index contributed by atoms with van der Waals surface area (Å²) in [6.07, 6.45) is 21.6. The number of hydrogen-bond acceptors (Lipinski definition) is 13. The topological polar surface area (TPSA) is 227 Å². The van der Waals surface area contributed by atoms with Crippen molar-refractivity contribution in [2.24, 2.45) is 0 Å². The zero-order valence-electron chi connectivity index (χ0n) is 36.5. The highest BCUT2D eigenvalue weighted by Gasteiger charge is 2.51. The van der Waals surface area contributed by atoms with Gasteiger partial charge in [-0.25, -0.2) is 4.57 Å². The molecule has 60 heavy (non-hydrogen) atoms. The van der Waals surface area contributed by atoms with E-state index in [0.29, 0.717) is 25.7 Å². The molecule has 0 amide bonds. The first-order valence-electron chi connectivity index (χ1n) is 22.7. The van der Waals surface area contributed by atoms with Crippen molar-refractivity contribution in [1.29, 1.82) is 0 Å². The van der Waals surface area contributed by atoms with Crippen molar-refractivity contribution < 1.29 is 67.9 Å². The predicted octanol–water partition coefficient (Wildman–Crippen LogP) is 7.79. The number of ketones is 1. The molecule has 1 saturated carbocycles. The van der Waals surface area contributed by atoms with Crippen molar-refractivity contribution in [2.45, 2.75) is 217 Å². The Bertz CT molecular complexity index is 1260. The maximum atomic E-state index is 12.8. The van der Waals surface area contributed by atoms with E-state index in [0.717, 1.165) is 70.6 Å². The smallest absolute Gasteiger partial charge is 0.462 e. The highest BCUT2D eigenvalue weighted by atomic mass is 31.2. The molecule has 1 rings (SSSR count). The molecule has 1 aliphatic rings. The summed E-state index contributed by atoms with van der Waals surface area (Å²) in [5.41, 5.74) is 0. The molecule has 0 radical (unpaired) electrons. The van der Waals surface area contributed by atoms with E-state index in [-0.39, 0.29) is 18.6 Å². The van der Waals surface area contributed by atoms with Gasteiger partial charge in [0.1, 0.15) is 43.2 Å². The molecule has 14 nitrogen and oxygen atoms in total. The van der Waals surface area contributed by atoms with Crippen molar-refractivity contribution in [3.8, 4) is 0 Å². The van der Waals surface area contributed by atoms with Gasteiger partial charge in [-0.1, -0.05) is 128 Å². The molecule has 0 aliphatic heterocycles. The Kier molecular flexibility index (Phi) is 32.7. The van der Waals surface area contributed by atoms with Crippen molar-refractivity contribution in [1.82, 2.24) is 0 Å². The van der Waals surface area contributed by atoms with Gasteiger partial charge in [0, 0.05) is 19.3 Å². The zero-order valence-corrected chi connectivity index (χ0v) is 37.4. The summed E-state index contributed by atoms with van der Waals surface area (Å²) in [4.78, 5) is 47.7. The van der Waals surface area contributed by atoms with Crippen LogP contribution in [0.4, 0.5) is 0 Å². The Morgan fingerprint density at radius 2 is 1.00 bits per heavy atom. The second-order valence-corrected chi connectivity index (χ2v) is 17.3. The van der Waals surface area contributed by atoms with Gasteiger partial charge in [0.15, 0.2) is 11.9 Å². The summed E-state index contributed by atoms with van der Waals surface area (Å²) in [7, 11) is -5.15. The molecule has 348 valence electrons. The molecule has 0 aromatic heterocycles. The molecule has 6 N–H and O–H groups in total. The average Bonchev–Trinajstić information content (AvgIpc) is 3.22. The number of hydrogen-bond donors (Lipinski definition) is 6. The van der Waals surface area contributed by atoms with Crippen molar-refractivity contribution in [3.63, 3.8) is 0 Å². The molecule has 0 spiro atoms. The van der Waals surface area contributed by atoms with Crippen LogP contribution in [0.5, 0.6) is 0 Å². The first kappa shape index (κ1) is 55.8. The first-order chi connectivity index (χ1) is 28.8. The summed E-state index contributed by atoms with van der Waals surface area (Å²) in [5, 5.41) is 50.1. The number of phosphoric ester groups is 1. The quantitative estimate of drug-likeness (QED) is 0.00875. The number of rotatable bonds is 37. The average molecular weight is 875 g/mol. The summed E-state index contributed by atoms with van der Waals surface area (Å²) >= 11 is 0. The fourth-order valence-corrected chi connectivity index (χ4v) is 7.65. The standard InChI is InChI=1S/C45H79O14P/c1-3-5-7-9-11-12-13-14-15-16-17-18-20-24-28-32-38(47)56-34-37(35-57-60(54,55)59-45-43(52)41(50)40(49)42(51)44(45)53)58-39(48)33-29-25-21-23-27-31-36(46)30-26-22-19-10-8-6-4-2/h14-15,19,22,26,30,37,40-45,49-53H,3-13,16-18,20-21,23-25,27-29,31-35H2,1-2H3,(H,54,55)/b15-14-,22-19-,30-26+/t37-,40?,41-,42+,43-,44-,45?/m1/s1. The minimum Gasteiger partial charge on any atom is -0.462 e. The third-order valence-electron chi connectivity index (χ3n) is 10.4. The molecular formula is C45H79O14P. The molecule has 8 atom stereocenters. The summed E-state index contributed by atoms with van der Waals surface area (Å²) < 4.78 is 33.4. The van der Waals surface area contributed by atoms with E-state index in [1.807, 2.05) is 6.08 Å². The van der Waals surface area contributed by atoms with Gasteiger partial charge in [0.25, 0.3) is 0 Å². The van der Waals surface area contributed by atoms with E-state index in [4.69, 9.17) is 18.5 Å². The van der Waals surface area contributed by atoms with Crippen LogP contribution in [-0.4, -0.2) is 104 Å². The van der Waals surface area contributed by atoms with E-state index in [2.05, 4.69) is 32.1 Å². The van der Waals surface area contributed by atoms with Crippen LogP contribution >= 0.6 is 7.82 Å². The lowest BCUT2D eigenvalue weighted by atomic mass is 9.85. The minimum atomic E-state index is -5.15. The monoisotopic (exact) mass is 875 g/mol. The maximum absolute atomic E-state index is 12.8. The third kappa shape index (κ3) is 27.6. The first-order valence-corrected chi connectivity index (χ1v) is 24.2. The predicted molar refractivity (Wildman–Crippen MR) is 231 cm³/mol. The van der Waals surface area contributed by atoms with Crippen LogP contribution < -0.4 is 0 Å². The molecule has 3 unspecified atom stereocenters. The van der Waals surface area contributed by atoms with Crippen LogP contribution in [0.15, 0.2) is 36.5 Å². The third-order valence-corrected chi connectivity index (χ3v) is 11.4. The van der Waals surface area contributed by atoms with Gasteiger partial charge in [-0.15, -0.1) is 0 Å². The molecule has 0 heterocycles. The van der Waals surface area contributed by atoms with E-state index >= 15 is 0 Å². The Morgan fingerprint density at radius 3 is 1.58 bits per heavy atom. The summed E-state index contributed by atoms with van der Waals surface area (Å²) in [5.74, 6) is -1.14. The molecule has 0 bridgehead atoms. The van der Waals surface area contributed by atoms with Gasteiger partial charge in [0.2, 0.25) is 0 Å². The van der Waals surface area contributed by atoms with E-state index < -0.39 is 75.7 Å². The number of ether oxygens (including phenoxy) is 2. The zero-order chi connectivity index (χ0) is 44.4. The number of allylic oxidation sites excluding steroid dienone is 6. The number of unbranched alkanes of at least 4 members (excludes halogenated alkanes) is 18. The van der Waals surface area contributed by atoms with Crippen LogP contribution in [0.25, 0.3) is 0 Å². The lowest BCUT2D eigenvalue weighted by Gasteiger charge is -2.41. The maximum Gasteiger partial charge on any atom is 0.472 e. The van der Waals surface area contributed by atoms with Crippen LogP contribution in [-0.2, 0) is 37.5 Å². The molecule has 1 fully saturated rings. The van der Waals surface area contributed by atoms with Crippen LogP contribution in [0.2, 0.25) is 0 Å². The van der Waals surface area contributed by atoms with Crippen LogP contribution in [0.3, 0.4) is 0 Å². The van der Waals surface area contributed by atoms with Gasteiger partial charge in [-0.3, -0.25) is 23.4 Å². The normalized spacial score (nSPS) is 22.4. The van der Waals surface area contributed by atoms with Gasteiger partial charge in [-0.05, 0) is 63.9 Å². The number of esters is 2.